The molecule has 1 atom stereocenters. The standard InChI is InChI=1S/C10H19N3O2/c1-8(11)7-12(2)5-6-13-9(14)3-4-10(13)15/h8H,3-7,11H2,1-2H3. The summed E-state index contributed by atoms with van der Waals surface area (Å²) in [5.74, 6) is -0.0941. The highest BCUT2D eigenvalue weighted by Crippen LogP contribution is 2.10. The van der Waals surface area contributed by atoms with Crippen molar-refractivity contribution in [1.29, 1.82) is 0 Å². The molecule has 1 rings (SSSR count). The Morgan fingerprint density at radius 2 is 1.93 bits per heavy atom. The molecular weight excluding hydrogens is 194 g/mol. The number of likely N-dealkylation sites (tertiary alicyclic amines) is 1. The lowest BCUT2D eigenvalue weighted by Crippen LogP contribution is -2.40. The van der Waals surface area contributed by atoms with E-state index in [2.05, 4.69) is 0 Å². The van der Waals surface area contributed by atoms with E-state index in [1.807, 2.05) is 18.9 Å². The molecule has 0 aromatic heterocycles. The summed E-state index contributed by atoms with van der Waals surface area (Å²) in [4.78, 5) is 25.9. The minimum Gasteiger partial charge on any atom is -0.327 e. The summed E-state index contributed by atoms with van der Waals surface area (Å²) in [6.07, 6.45) is 0.742. The van der Waals surface area contributed by atoms with Crippen LogP contribution in [0.15, 0.2) is 0 Å². The van der Waals surface area contributed by atoms with Crippen LogP contribution in [0.5, 0.6) is 0 Å². The van der Waals surface area contributed by atoms with Crippen molar-refractivity contribution in [2.24, 2.45) is 5.73 Å². The molecule has 0 radical (unpaired) electrons. The predicted octanol–water partition coefficient (Wildman–Crippen LogP) is -0.586. The van der Waals surface area contributed by atoms with Crippen LogP contribution in [0.1, 0.15) is 19.8 Å². The van der Waals surface area contributed by atoms with Crippen molar-refractivity contribution in [1.82, 2.24) is 9.80 Å². The van der Waals surface area contributed by atoms with Crippen molar-refractivity contribution in [2.45, 2.75) is 25.8 Å². The third-order valence-electron chi connectivity index (χ3n) is 2.46. The minimum absolute atomic E-state index is 0.0470. The van der Waals surface area contributed by atoms with E-state index >= 15 is 0 Å². The smallest absolute Gasteiger partial charge is 0.229 e. The van der Waals surface area contributed by atoms with Gasteiger partial charge < -0.3 is 10.6 Å². The zero-order valence-corrected chi connectivity index (χ0v) is 9.40. The summed E-state index contributed by atoms with van der Waals surface area (Å²) < 4.78 is 0. The fraction of sp³-hybridized carbons (Fsp3) is 0.800. The third kappa shape index (κ3) is 3.60. The lowest BCUT2D eigenvalue weighted by atomic mass is 10.3. The van der Waals surface area contributed by atoms with Gasteiger partial charge in [-0.1, -0.05) is 0 Å². The first-order valence-electron chi connectivity index (χ1n) is 5.28. The third-order valence-corrected chi connectivity index (χ3v) is 2.46. The molecule has 86 valence electrons. The second kappa shape index (κ2) is 5.23. The molecule has 0 aliphatic carbocycles. The number of hydrogen-bond acceptors (Lipinski definition) is 4. The van der Waals surface area contributed by atoms with Crippen LogP contribution in [-0.4, -0.2) is 54.3 Å². The number of rotatable bonds is 5. The SMILES string of the molecule is CC(N)CN(C)CCN1C(=O)CCC1=O. The topological polar surface area (TPSA) is 66.6 Å². The molecule has 5 nitrogen and oxygen atoms in total. The van der Waals surface area contributed by atoms with Gasteiger partial charge in [0.2, 0.25) is 11.8 Å². The maximum absolute atomic E-state index is 11.3. The Morgan fingerprint density at radius 1 is 1.40 bits per heavy atom. The van der Waals surface area contributed by atoms with Crippen molar-refractivity contribution in [3.05, 3.63) is 0 Å². The molecular formula is C10H19N3O2. The predicted molar refractivity (Wildman–Crippen MR) is 57.1 cm³/mol. The van der Waals surface area contributed by atoms with Gasteiger partial charge in [0.05, 0.1) is 0 Å². The summed E-state index contributed by atoms with van der Waals surface area (Å²) in [6.45, 7) is 3.89. The maximum atomic E-state index is 11.3. The van der Waals surface area contributed by atoms with Gasteiger partial charge in [0.25, 0.3) is 0 Å². The zero-order valence-electron chi connectivity index (χ0n) is 9.40. The Labute approximate surface area is 90.2 Å². The van der Waals surface area contributed by atoms with Crippen LogP contribution in [0.3, 0.4) is 0 Å². The summed E-state index contributed by atoms with van der Waals surface area (Å²) in [6, 6.07) is 0.111. The number of amides is 2. The average molecular weight is 213 g/mol. The van der Waals surface area contributed by atoms with E-state index in [9.17, 15) is 9.59 Å². The molecule has 1 aliphatic heterocycles. The summed E-state index contributed by atoms with van der Waals surface area (Å²) in [7, 11) is 1.94. The molecule has 1 aliphatic rings. The molecule has 1 fully saturated rings. The highest BCUT2D eigenvalue weighted by Gasteiger charge is 2.28. The Morgan fingerprint density at radius 3 is 2.40 bits per heavy atom. The van der Waals surface area contributed by atoms with Gasteiger partial charge in [-0.25, -0.2) is 0 Å². The molecule has 15 heavy (non-hydrogen) atoms. The second-order valence-electron chi connectivity index (χ2n) is 4.18. The van der Waals surface area contributed by atoms with E-state index < -0.39 is 0 Å². The largest absolute Gasteiger partial charge is 0.327 e. The van der Waals surface area contributed by atoms with Crippen LogP contribution in [0.2, 0.25) is 0 Å². The van der Waals surface area contributed by atoms with Gasteiger partial charge in [-0.05, 0) is 14.0 Å². The lowest BCUT2D eigenvalue weighted by Gasteiger charge is -2.21. The van der Waals surface area contributed by atoms with Gasteiger partial charge in [0, 0.05) is 38.5 Å². The van der Waals surface area contributed by atoms with Gasteiger partial charge in [-0.2, -0.15) is 0 Å². The van der Waals surface area contributed by atoms with E-state index in [1.165, 1.54) is 4.90 Å². The van der Waals surface area contributed by atoms with E-state index in [4.69, 9.17) is 5.73 Å². The van der Waals surface area contributed by atoms with Crippen LogP contribution < -0.4 is 5.73 Å². The van der Waals surface area contributed by atoms with Crippen LogP contribution in [0.25, 0.3) is 0 Å². The molecule has 0 spiro atoms. The van der Waals surface area contributed by atoms with E-state index in [0.29, 0.717) is 25.9 Å². The lowest BCUT2D eigenvalue weighted by molar-refractivity contribution is -0.138. The quantitative estimate of drug-likeness (QED) is 0.620. The molecule has 1 unspecified atom stereocenters. The van der Waals surface area contributed by atoms with Crippen LogP contribution in [-0.2, 0) is 9.59 Å². The Balaban J connectivity index is 2.30. The highest BCUT2D eigenvalue weighted by atomic mass is 16.2. The number of nitrogens with zero attached hydrogens (tertiary/aromatic N) is 2. The second-order valence-corrected chi connectivity index (χ2v) is 4.18. The van der Waals surface area contributed by atoms with Crippen molar-refractivity contribution >= 4 is 11.8 Å². The molecule has 1 heterocycles. The molecule has 2 N–H and O–H groups in total. The number of hydrogen-bond donors (Lipinski definition) is 1. The first-order chi connectivity index (χ1) is 7.00. The van der Waals surface area contributed by atoms with Crippen molar-refractivity contribution in [2.75, 3.05) is 26.7 Å². The van der Waals surface area contributed by atoms with E-state index in [0.717, 1.165) is 6.54 Å². The fourth-order valence-corrected chi connectivity index (χ4v) is 1.73. The van der Waals surface area contributed by atoms with E-state index in [1.54, 1.807) is 0 Å². The van der Waals surface area contributed by atoms with Crippen molar-refractivity contribution in [3.63, 3.8) is 0 Å². The Kier molecular flexibility index (Phi) is 4.23. The number of likely N-dealkylation sites (N-methyl/N-ethyl adjacent to an activating group) is 1. The summed E-state index contributed by atoms with van der Waals surface area (Å²) in [5, 5.41) is 0. The monoisotopic (exact) mass is 213 g/mol. The van der Waals surface area contributed by atoms with Gasteiger partial charge >= 0.3 is 0 Å². The Bertz CT molecular complexity index is 237. The molecule has 0 aromatic carbocycles. The molecule has 0 aromatic rings. The van der Waals surface area contributed by atoms with Crippen LogP contribution in [0.4, 0.5) is 0 Å². The van der Waals surface area contributed by atoms with Gasteiger partial charge in [-0.3, -0.25) is 14.5 Å². The fourth-order valence-electron chi connectivity index (χ4n) is 1.73. The molecule has 2 amide bonds. The number of nitrogens with two attached hydrogens (primary N) is 1. The van der Waals surface area contributed by atoms with Crippen molar-refractivity contribution < 1.29 is 9.59 Å². The maximum Gasteiger partial charge on any atom is 0.229 e. The van der Waals surface area contributed by atoms with Crippen LogP contribution in [0, 0.1) is 0 Å². The minimum atomic E-state index is -0.0470. The first-order valence-corrected chi connectivity index (χ1v) is 5.28. The van der Waals surface area contributed by atoms with Crippen molar-refractivity contribution in [3.8, 4) is 0 Å². The van der Waals surface area contributed by atoms with E-state index in [-0.39, 0.29) is 17.9 Å². The first kappa shape index (κ1) is 12.1. The normalized spacial score (nSPS) is 19.1. The highest BCUT2D eigenvalue weighted by molar-refractivity contribution is 6.01. The zero-order chi connectivity index (χ0) is 11.4. The van der Waals surface area contributed by atoms with Gasteiger partial charge in [0.1, 0.15) is 0 Å². The number of imide groups is 1. The molecule has 0 bridgehead atoms. The van der Waals surface area contributed by atoms with Gasteiger partial charge in [-0.15, -0.1) is 0 Å². The average Bonchev–Trinajstić information content (AvgIpc) is 2.42. The molecule has 5 heteroatoms. The van der Waals surface area contributed by atoms with Crippen LogP contribution >= 0.6 is 0 Å². The Hall–Kier alpha value is -0.940. The number of carbonyl (C=O) groups is 2. The molecule has 0 saturated carbocycles. The van der Waals surface area contributed by atoms with Gasteiger partial charge in [0.15, 0.2) is 0 Å². The summed E-state index contributed by atoms with van der Waals surface area (Å²) in [5.41, 5.74) is 5.64. The molecule has 1 saturated heterocycles. The number of carbonyl (C=O) groups excluding carboxylic acids is 2. The summed E-state index contributed by atoms with van der Waals surface area (Å²) >= 11 is 0.